The summed E-state index contributed by atoms with van der Waals surface area (Å²) < 4.78 is 1.09. The van der Waals surface area contributed by atoms with E-state index in [1.807, 2.05) is 18.2 Å². The molecule has 0 aliphatic heterocycles. The predicted molar refractivity (Wildman–Crippen MR) is 66.1 cm³/mol. The van der Waals surface area contributed by atoms with Crippen LogP contribution in [0.25, 0.3) is 0 Å². The van der Waals surface area contributed by atoms with Crippen LogP contribution in [0.3, 0.4) is 0 Å². The molecule has 0 fully saturated rings. The van der Waals surface area contributed by atoms with Crippen molar-refractivity contribution in [2.24, 2.45) is 5.73 Å². The molecule has 0 radical (unpaired) electrons. The quantitative estimate of drug-likeness (QED) is 0.895. The highest BCUT2D eigenvalue weighted by Crippen LogP contribution is 2.17. The number of H-pyrrole nitrogens is 1. The summed E-state index contributed by atoms with van der Waals surface area (Å²) in [5, 5.41) is 7.03. The van der Waals surface area contributed by atoms with Gasteiger partial charge >= 0.3 is 0 Å². The van der Waals surface area contributed by atoms with Gasteiger partial charge in [-0.2, -0.15) is 5.10 Å². The number of hydrogen-bond donors (Lipinski definition) is 2. The minimum Gasteiger partial charge on any atom is -0.330 e. The number of benzene rings is 1. The molecule has 0 spiro atoms. The van der Waals surface area contributed by atoms with Gasteiger partial charge in [-0.3, -0.25) is 5.10 Å². The lowest BCUT2D eigenvalue weighted by atomic mass is 10.1. The summed E-state index contributed by atoms with van der Waals surface area (Å²) in [5.41, 5.74) is 6.64. The SMILES string of the molecule is NCCc1n[nH]c(Cc2ccccc2Br)n1. The summed E-state index contributed by atoms with van der Waals surface area (Å²) in [4.78, 5) is 4.37. The third-order valence-corrected chi connectivity index (χ3v) is 3.04. The topological polar surface area (TPSA) is 67.6 Å². The van der Waals surface area contributed by atoms with Gasteiger partial charge in [0.2, 0.25) is 0 Å². The normalized spacial score (nSPS) is 10.6. The molecular formula is C11H13BrN4. The second kappa shape index (κ2) is 5.23. The van der Waals surface area contributed by atoms with E-state index < -0.39 is 0 Å². The minimum atomic E-state index is 0.576. The molecule has 3 N–H and O–H groups in total. The first-order chi connectivity index (χ1) is 7.79. The number of aromatic nitrogens is 3. The second-order valence-electron chi connectivity index (χ2n) is 3.51. The highest BCUT2D eigenvalue weighted by molar-refractivity contribution is 9.10. The average Bonchev–Trinajstić information content (AvgIpc) is 2.70. The maximum Gasteiger partial charge on any atom is 0.151 e. The van der Waals surface area contributed by atoms with Gasteiger partial charge in [0.25, 0.3) is 0 Å². The van der Waals surface area contributed by atoms with Gasteiger partial charge in [-0.15, -0.1) is 0 Å². The number of hydrogen-bond acceptors (Lipinski definition) is 3. The summed E-state index contributed by atoms with van der Waals surface area (Å²) in [7, 11) is 0. The van der Waals surface area contributed by atoms with E-state index in [1.165, 1.54) is 5.56 Å². The van der Waals surface area contributed by atoms with Crippen LogP contribution in [0.2, 0.25) is 0 Å². The van der Waals surface area contributed by atoms with Crippen LogP contribution in [0.1, 0.15) is 17.2 Å². The van der Waals surface area contributed by atoms with E-state index in [9.17, 15) is 0 Å². The lowest BCUT2D eigenvalue weighted by Gasteiger charge is -2.00. The Kier molecular flexibility index (Phi) is 3.69. The fourth-order valence-corrected chi connectivity index (χ4v) is 1.90. The maximum absolute atomic E-state index is 5.45. The number of rotatable bonds is 4. The fraction of sp³-hybridized carbons (Fsp3) is 0.273. The highest BCUT2D eigenvalue weighted by Gasteiger charge is 2.05. The van der Waals surface area contributed by atoms with Gasteiger partial charge in [-0.05, 0) is 18.2 Å². The maximum atomic E-state index is 5.45. The van der Waals surface area contributed by atoms with Crippen LogP contribution >= 0.6 is 15.9 Å². The van der Waals surface area contributed by atoms with Crippen LogP contribution < -0.4 is 5.73 Å². The Morgan fingerprint density at radius 3 is 2.88 bits per heavy atom. The summed E-state index contributed by atoms with van der Waals surface area (Å²) >= 11 is 3.51. The smallest absolute Gasteiger partial charge is 0.151 e. The number of halogens is 1. The first-order valence-corrected chi connectivity index (χ1v) is 5.92. The molecular weight excluding hydrogens is 268 g/mol. The Bertz CT molecular complexity index is 467. The van der Waals surface area contributed by atoms with E-state index in [0.717, 1.165) is 22.5 Å². The molecule has 0 bridgehead atoms. The van der Waals surface area contributed by atoms with Gasteiger partial charge in [0.05, 0.1) is 0 Å². The van der Waals surface area contributed by atoms with Crippen molar-refractivity contribution in [1.29, 1.82) is 0 Å². The number of aromatic amines is 1. The standard InChI is InChI=1S/C11H13BrN4/c12-9-4-2-1-3-8(9)7-11-14-10(5-6-13)15-16-11/h1-4H,5-7,13H2,(H,14,15,16). The first kappa shape index (κ1) is 11.3. The third-order valence-electron chi connectivity index (χ3n) is 2.26. The average molecular weight is 281 g/mol. The first-order valence-electron chi connectivity index (χ1n) is 5.13. The Morgan fingerprint density at radius 1 is 1.31 bits per heavy atom. The highest BCUT2D eigenvalue weighted by atomic mass is 79.9. The molecule has 0 unspecified atom stereocenters. The van der Waals surface area contributed by atoms with Crippen LogP contribution in [-0.2, 0) is 12.8 Å². The van der Waals surface area contributed by atoms with Gasteiger partial charge in [0.1, 0.15) is 5.82 Å². The third kappa shape index (κ3) is 2.68. The Hall–Kier alpha value is -1.20. The molecule has 2 rings (SSSR count). The van der Waals surface area contributed by atoms with Crippen LogP contribution in [0, 0.1) is 0 Å². The molecule has 0 atom stereocenters. The predicted octanol–water partition coefficient (Wildman–Crippen LogP) is 1.66. The van der Waals surface area contributed by atoms with Crippen molar-refractivity contribution in [2.75, 3.05) is 6.54 Å². The molecule has 84 valence electrons. The van der Waals surface area contributed by atoms with E-state index in [0.29, 0.717) is 13.0 Å². The van der Waals surface area contributed by atoms with Crippen LogP contribution in [0.5, 0.6) is 0 Å². The van der Waals surface area contributed by atoms with Gasteiger partial charge in [-0.1, -0.05) is 34.1 Å². The summed E-state index contributed by atoms with van der Waals surface area (Å²) in [6.45, 7) is 0.576. The monoisotopic (exact) mass is 280 g/mol. The molecule has 2 aromatic rings. The van der Waals surface area contributed by atoms with Gasteiger partial charge < -0.3 is 5.73 Å². The van der Waals surface area contributed by atoms with E-state index in [2.05, 4.69) is 37.2 Å². The van der Waals surface area contributed by atoms with Crippen LogP contribution in [0.4, 0.5) is 0 Å². The summed E-state index contributed by atoms with van der Waals surface area (Å²) in [6.07, 6.45) is 1.46. The van der Waals surface area contributed by atoms with Crippen molar-refractivity contribution in [3.05, 3.63) is 46.0 Å². The van der Waals surface area contributed by atoms with Gasteiger partial charge in [0.15, 0.2) is 5.82 Å². The fourth-order valence-electron chi connectivity index (χ4n) is 1.48. The van der Waals surface area contributed by atoms with Crippen molar-refractivity contribution in [3.63, 3.8) is 0 Å². The molecule has 0 saturated carbocycles. The van der Waals surface area contributed by atoms with Crippen molar-refractivity contribution in [1.82, 2.24) is 15.2 Å². The Labute approximate surface area is 102 Å². The lowest BCUT2D eigenvalue weighted by molar-refractivity contribution is 0.874. The molecule has 1 heterocycles. The molecule has 0 saturated heterocycles. The van der Waals surface area contributed by atoms with E-state index in [4.69, 9.17) is 5.73 Å². The molecule has 1 aromatic carbocycles. The second-order valence-corrected chi connectivity index (χ2v) is 4.36. The zero-order valence-electron chi connectivity index (χ0n) is 8.78. The van der Waals surface area contributed by atoms with Gasteiger partial charge in [0, 0.05) is 17.3 Å². The molecule has 0 amide bonds. The molecule has 0 aliphatic carbocycles. The summed E-state index contributed by atoms with van der Waals surface area (Å²) in [5.74, 6) is 1.65. The Morgan fingerprint density at radius 2 is 2.12 bits per heavy atom. The molecule has 16 heavy (non-hydrogen) atoms. The van der Waals surface area contributed by atoms with Gasteiger partial charge in [-0.25, -0.2) is 4.98 Å². The summed E-state index contributed by atoms with van der Waals surface area (Å²) in [6, 6.07) is 8.09. The molecule has 1 aromatic heterocycles. The molecule has 4 nitrogen and oxygen atoms in total. The zero-order chi connectivity index (χ0) is 11.4. The van der Waals surface area contributed by atoms with Crippen molar-refractivity contribution >= 4 is 15.9 Å². The van der Waals surface area contributed by atoms with E-state index in [1.54, 1.807) is 0 Å². The number of nitrogens with two attached hydrogens (primary N) is 1. The van der Waals surface area contributed by atoms with E-state index >= 15 is 0 Å². The number of nitrogens with zero attached hydrogens (tertiary/aromatic N) is 2. The molecule has 0 aliphatic rings. The van der Waals surface area contributed by atoms with Crippen molar-refractivity contribution in [3.8, 4) is 0 Å². The van der Waals surface area contributed by atoms with E-state index in [-0.39, 0.29) is 0 Å². The van der Waals surface area contributed by atoms with Crippen molar-refractivity contribution in [2.45, 2.75) is 12.8 Å². The zero-order valence-corrected chi connectivity index (χ0v) is 10.4. The van der Waals surface area contributed by atoms with Crippen LogP contribution in [0.15, 0.2) is 28.7 Å². The number of nitrogens with one attached hydrogen (secondary N) is 1. The lowest BCUT2D eigenvalue weighted by Crippen LogP contribution is -2.04. The largest absolute Gasteiger partial charge is 0.330 e. The minimum absolute atomic E-state index is 0.576. The molecule has 5 heteroatoms. The van der Waals surface area contributed by atoms with Crippen molar-refractivity contribution < 1.29 is 0 Å². The van der Waals surface area contributed by atoms with Crippen LogP contribution in [-0.4, -0.2) is 21.7 Å². The Balaban J connectivity index is 2.11.